The molecular weight excluding hydrogens is 203 g/mol. The van der Waals surface area contributed by atoms with Crippen LogP contribution in [-0.4, -0.2) is 5.48 Å². The Morgan fingerprint density at radius 2 is 0.375 bits per heavy atom. The van der Waals surface area contributed by atoms with Crippen LogP contribution in [0.25, 0.3) is 0 Å². The summed E-state index contributed by atoms with van der Waals surface area (Å²) in [6, 6.07) is 0. The van der Waals surface area contributed by atoms with Crippen LogP contribution < -0.4 is 36.9 Å². The Bertz CT molecular complexity index is 8.49. The van der Waals surface area contributed by atoms with E-state index >= 15 is 0 Å². The molecule has 0 saturated carbocycles. The van der Waals surface area contributed by atoms with Crippen LogP contribution in [0.3, 0.4) is 0 Å². The molecular formula is H20N6ORh. The summed E-state index contributed by atoms with van der Waals surface area (Å²) < 4.78 is 0. The topological polar surface area (TPSA) is 242 Å². The van der Waals surface area contributed by atoms with Gasteiger partial charge in [-0.2, -0.15) is 0 Å². The average molecular weight is 223 g/mol. The van der Waals surface area contributed by atoms with E-state index in [-0.39, 0.29) is 61.9 Å². The van der Waals surface area contributed by atoms with Crippen molar-refractivity contribution in [3.05, 3.63) is 0 Å². The summed E-state index contributed by atoms with van der Waals surface area (Å²) in [5.41, 5.74) is 0. The molecule has 0 bridgehead atoms. The Balaban J connectivity index is 0. The molecule has 0 heterocycles. The van der Waals surface area contributed by atoms with Gasteiger partial charge in [0.1, 0.15) is 0 Å². The number of hydrogen-bond donors (Lipinski definition) is 6. The van der Waals surface area contributed by atoms with Crippen LogP contribution in [-0.2, 0) is 19.5 Å². The summed E-state index contributed by atoms with van der Waals surface area (Å²) in [4.78, 5) is 0. The Morgan fingerprint density at radius 1 is 0.375 bits per heavy atom. The predicted octanol–water partition coefficient (Wildman–Crippen LogP) is 0.145. The van der Waals surface area contributed by atoms with Crippen LogP contribution in [0, 0.1) is 0 Å². The minimum atomic E-state index is 0. The van der Waals surface area contributed by atoms with E-state index < -0.39 is 0 Å². The monoisotopic (exact) mass is 223 g/mol. The van der Waals surface area contributed by atoms with Gasteiger partial charge < -0.3 is 42.4 Å². The largest absolute Gasteiger partial charge is 0.412 e. The van der Waals surface area contributed by atoms with Crippen molar-refractivity contribution in [2.75, 3.05) is 0 Å². The molecule has 8 heavy (non-hydrogen) atoms. The molecule has 0 amide bonds. The van der Waals surface area contributed by atoms with Crippen LogP contribution in [0.4, 0.5) is 0 Å². The maximum absolute atomic E-state index is 0. The summed E-state index contributed by atoms with van der Waals surface area (Å²) in [7, 11) is 0. The zero-order valence-electron chi connectivity index (χ0n) is 5.08. The molecule has 0 rings (SSSR count). The van der Waals surface area contributed by atoms with E-state index in [1.54, 1.807) is 0 Å². The zero-order valence-corrected chi connectivity index (χ0v) is 6.71. The van der Waals surface area contributed by atoms with Gasteiger partial charge >= 0.3 is 0 Å². The first-order valence-corrected chi connectivity index (χ1v) is 0. The molecule has 0 saturated heterocycles. The molecule has 8 heteroatoms. The summed E-state index contributed by atoms with van der Waals surface area (Å²) in [5.74, 6) is 0. The fourth-order valence-electron chi connectivity index (χ4n) is 0. The van der Waals surface area contributed by atoms with Gasteiger partial charge in [-0.1, -0.05) is 0 Å². The van der Waals surface area contributed by atoms with E-state index in [1.165, 1.54) is 0 Å². The standard InChI is InChI=1S/6H3N.H2O.Rh/h6*1H3;1H2;. The van der Waals surface area contributed by atoms with Crippen molar-refractivity contribution in [2.24, 2.45) is 0 Å². The van der Waals surface area contributed by atoms with Crippen LogP contribution in [0.2, 0.25) is 0 Å². The quantitative estimate of drug-likeness (QED) is 0.311. The molecule has 0 unspecified atom stereocenters. The summed E-state index contributed by atoms with van der Waals surface area (Å²) in [6.45, 7) is 0. The molecule has 0 aliphatic heterocycles. The molecule has 0 spiro atoms. The number of hydrogen-bond acceptors (Lipinski definition) is 6. The third kappa shape index (κ3) is 1540. The average Bonchev–Trinajstić information content (AvgIpc) is 0. The molecule has 0 aromatic rings. The van der Waals surface area contributed by atoms with E-state index in [1.807, 2.05) is 0 Å². The van der Waals surface area contributed by atoms with Gasteiger partial charge in [-0.05, 0) is 0 Å². The van der Waals surface area contributed by atoms with Gasteiger partial charge in [-0.15, -0.1) is 0 Å². The van der Waals surface area contributed by atoms with Gasteiger partial charge in [-0.25, -0.2) is 0 Å². The van der Waals surface area contributed by atoms with E-state index in [0.717, 1.165) is 0 Å². The van der Waals surface area contributed by atoms with Crippen molar-refractivity contribution in [3.8, 4) is 0 Å². The van der Waals surface area contributed by atoms with Gasteiger partial charge in [0.2, 0.25) is 0 Å². The molecule has 20 N–H and O–H groups in total. The van der Waals surface area contributed by atoms with Crippen molar-refractivity contribution < 1.29 is 25.0 Å². The Morgan fingerprint density at radius 3 is 0.375 bits per heavy atom. The SMILES string of the molecule is N.N.N.N.N.N.O.[Rh]. The Labute approximate surface area is 62.5 Å². The van der Waals surface area contributed by atoms with E-state index in [2.05, 4.69) is 0 Å². The van der Waals surface area contributed by atoms with Crippen molar-refractivity contribution >= 4 is 0 Å². The fraction of sp³-hybridized carbons (Fsp3) is 0. The van der Waals surface area contributed by atoms with Gasteiger partial charge in [0.05, 0.1) is 0 Å². The Kier molecular flexibility index (Phi) is 1200000. The summed E-state index contributed by atoms with van der Waals surface area (Å²) in [5, 5.41) is 0. The summed E-state index contributed by atoms with van der Waals surface area (Å²) in [6.07, 6.45) is 0. The molecule has 0 aliphatic rings. The Hall–Kier alpha value is 0.343. The third-order valence-corrected chi connectivity index (χ3v) is 0. The zero-order chi connectivity index (χ0) is 0. The van der Waals surface area contributed by atoms with E-state index in [0.29, 0.717) is 0 Å². The number of rotatable bonds is 0. The molecule has 0 aromatic carbocycles. The molecule has 0 aliphatic carbocycles. The van der Waals surface area contributed by atoms with E-state index in [4.69, 9.17) is 0 Å². The molecule has 0 fully saturated rings. The second kappa shape index (κ2) is 2510. The predicted molar refractivity (Wildman–Crippen MR) is 33.7 cm³/mol. The first-order chi connectivity index (χ1) is 0. The molecule has 65 valence electrons. The van der Waals surface area contributed by atoms with Gasteiger partial charge in [0.25, 0.3) is 0 Å². The second-order valence-corrected chi connectivity index (χ2v) is 0. The van der Waals surface area contributed by atoms with Crippen molar-refractivity contribution in [3.63, 3.8) is 0 Å². The van der Waals surface area contributed by atoms with Crippen molar-refractivity contribution in [1.82, 2.24) is 36.9 Å². The summed E-state index contributed by atoms with van der Waals surface area (Å²) >= 11 is 0. The molecule has 1 radical (unpaired) electrons. The van der Waals surface area contributed by atoms with Crippen molar-refractivity contribution in [1.29, 1.82) is 0 Å². The fourth-order valence-corrected chi connectivity index (χ4v) is 0. The van der Waals surface area contributed by atoms with Gasteiger partial charge in [-0.3, -0.25) is 0 Å². The first-order valence-electron chi connectivity index (χ1n) is 0. The molecule has 0 aromatic heterocycles. The smallest absolute Gasteiger partial charge is 0 e. The van der Waals surface area contributed by atoms with Crippen molar-refractivity contribution in [2.45, 2.75) is 0 Å². The van der Waals surface area contributed by atoms with Gasteiger partial charge in [0, 0.05) is 19.5 Å². The molecule has 0 atom stereocenters. The third-order valence-electron chi connectivity index (χ3n) is 0. The van der Waals surface area contributed by atoms with Crippen LogP contribution in [0.5, 0.6) is 0 Å². The first kappa shape index (κ1) is 3820. The second-order valence-electron chi connectivity index (χ2n) is 0. The maximum Gasteiger partial charge on any atom is 0 e. The minimum absolute atomic E-state index is 0. The van der Waals surface area contributed by atoms with E-state index in [9.17, 15) is 0 Å². The molecule has 7 nitrogen and oxygen atoms in total. The normalized spacial score (nSPS) is 0. The maximum atomic E-state index is 0. The minimum Gasteiger partial charge on any atom is -0.412 e. The van der Waals surface area contributed by atoms with Crippen LogP contribution >= 0.6 is 0 Å². The van der Waals surface area contributed by atoms with Crippen LogP contribution in [0.15, 0.2) is 0 Å². The van der Waals surface area contributed by atoms with Gasteiger partial charge in [0.15, 0.2) is 0 Å². The van der Waals surface area contributed by atoms with Crippen LogP contribution in [0.1, 0.15) is 0 Å².